The van der Waals surface area contributed by atoms with Crippen molar-refractivity contribution in [2.24, 2.45) is 5.92 Å². The number of carbonyl (C=O) groups excluding carboxylic acids is 1. The highest BCUT2D eigenvalue weighted by Crippen LogP contribution is 2.40. The molecule has 37 heavy (non-hydrogen) atoms. The second kappa shape index (κ2) is 10.3. The number of piperazine rings is 1. The molecular weight excluding hydrogens is 483 g/mol. The third kappa shape index (κ3) is 5.19. The molecule has 1 saturated heterocycles. The largest absolute Gasteiger partial charge is 0.496 e. The average molecular weight is 512 g/mol. The van der Waals surface area contributed by atoms with Crippen LogP contribution in [0.25, 0.3) is 0 Å². The van der Waals surface area contributed by atoms with Crippen LogP contribution in [0.4, 0.5) is 24.8 Å². The zero-order valence-electron chi connectivity index (χ0n) is 20.4. The fraction of sp³-hybridized carbons (Fsp3) is 0.370. The third-order valence-electron chi connectivity index (χ3n) is 7.10. The van der Waals surface area contributed by atoms with Crippen molar-refractivity contribution in [3.63, 3.8) is 0 Å². The fourth-order valence-electron chi connectivity index (χ4n) is 5.30. The molecule has 0 bridgehead atoms. The maximum atomic E-state index is 13.5. The molecule has 0 spiro atoms. The molecule has 1 N–H and O–H groups in total. The Morgan fingerprint density at radius 3 is 2.65 bits per heavy atom. The Labute approximate surface area is 213 Å². The number of nitrogens with one attached hydrogen (secondary N) is 1. The predicted molar refractivity (Wildman–Crippen MR) is 134 cm³/mol. The predicted octanol–water partition coefficient (Wildman–Crippen LogP) is 3.73. The van der Waals surface area contributed by atoms with Crippen molar-refractivity contribution < 1.29 is 22.7 Å². The molecule has 1 aromatic heterocycles. The number of hydrogen-bond acceptors (Lipinski definition) is 6. The van der Waals surface area contributed by atoms with Gasteiger partial charge in [-0.25, -0.2) is 9.97 Å². The fourth-order valence-corrected chi connectivity index (χ4v) is 5.30. The quantitative estimate of drug-likeness (QED) is 0.544. The maximum absolute atomic E-state index is 13.5. The number of halogens is 3. The van der Waals surface area contributed by atoms with E-state index >= 15 is 0 Å². The Kier molecular flexibility index (Phi) is 6.90. The van der Waals surface area contributed by atoms with Crippen LogP contribution >= 0.6 is 0 Å². The first kappa shape index (κ1) is 24.9. The number of carbonyl (C=O) groups is 1. The number of fused-ring (bicyclic) bond motifs is 3. The number of nitrogens with zero attached hydrogens (tertiary/aromatic N) is 4. The van der Waals surface area contributed by atoms with Crippen LogP contribution < -0.4 is 19.9 Å². The van der Waals surface area contributed by atoms with Gasteiger partial charge in [-0.2, -0.15) is 13.2 Å². The molecular formula is C27H28F3N5O2. The van der Waals surface area contributed by atoms with Crippen LogP contribution in [0.15, 0.2) is 60.9 Å². The lowest BCUT2D eigenvalue weighted by Crippen LogP contribution is -2.61. The molecule has 0 aliphatic carbocycles. The lowest BCUT2D eigenvalue weighted by Gasteiger charge is -2.49. The molecule has 10 heteroatoms. The summed E-state index contributed by atoms with van der Waals surface area (Å²) < 4.78 is 45.7. The molecule has 1 fully saturated rings. The van der Waals surface area contributed by atoms with Gasteiger partial charge >= 0.3 is 6.18 Å². The maximum Gasteiger partial charge on any atom is 0.416 e. The number of alkyl halides is 3. The number of aromatic nitrogens is 2. The lowest BCUT2D eigenvalue weighted by molar-refractivity contribution is -0.137. The number of benzene rings is 2. The zero-order chi connectivity index (χ0) is 26.0. The highest BCUT2D eigenvalue weighted by molar-refractivity contribution is 5.82. The SMILES string of the molecule is COc1ccccc1CCNC(=O)[C@@H]1Cc2cc(C(F)(F)F)ccc2N2CCN(c3ncccn3)C[C@@H]12. The Balaban J connectivity index is 1.39. The van der Waals surface area contributed by atoms with Gasteiger partial charge in [-0.3, -0.25) is 4.79 Å². The number of methoxy groups -OCH3 is 1. The first-order valence-electron chi connectivity index (χ1n) is 12.2. The van der Waals surface area contributed by atoms with Crippen LogP contribution in [0.2, 0.25) is 0 Å². The summed E-state index contributed by atoms with van der Waals surface area (Å²) in [5, 5.41) is 3.02. The van der Waals surface area contributed by atoms with Crippen molar-refractivity contribution >= 4 is 17.5 Å². The van der Waals surface area contributed by atoms with Gasteiger partial charge in [0.15, 0.2) is 0 Å². The standard InChI is InChI=1S/C27H28F3N5O2/c1-37-24-6-3-2-5-18(24)9-12-31-25(36)21-16-19-15-20(27(28,29)30)7-8-22(19)35-14-13-34(17-23(21)35)26-32-10-4-11-33-26/h2-8,10-11,15,21,23H,9,12-14,16-17H2,1H3,(H,31,36)/t21-,23+/m1/s1. The lowest BCUT2D eigenvalue weighted by atomic mass is 9.82. The normalized spacial score (nSPS) is 19.1. The molecule has 0 radical (unpaired) electrons. The van der Waals surface area contributed by atoms with E-state index in [0.717, 1.165) is 23.1 Å². The highest BCUT2D eigenvalue weighted by atomic mass is 19.4. The molecule has 0 unspecified atom stereocenters. The van der Waals surface area contributed by atoms with Gasteiger partial charge in [0.2, 0.25) is 11.9 Å². The molecule has 0 saturated carbocycles. The third-order valence-corrected chi connectivity index (χ3v) is 7.10. The van der Waals surface area contributed by atoms with Crippen molar-refractivity contribution in [2.45, 2.75) is 25.1 Å². The monoisotopic (exact) mass is 511 g/mol. The summed E-state index contributed by atoms with van der Waals surface area (Å²) in [6, 6.07) is 13.0. The molecule has 1 amide bonds. The first-order chi connectivity index (χ1) is 17.8. The van der Waals surface area contributed by atoms with E-state index in [0.29, 0.717) is 44.1 Å². The minimum atomic E-state index is -4.44. The van der Waals surface area contributed by atoms with E-state index in [1.165, 1.54) is 12.1 Å². The van der Waals surface area contributed by atoms with Gasteiger partial charge in [0.1, 0.15) is 5.75 Å². The molecule has 3 aromatic rings. The molecule has 7 nitrogen and oxygen atoms in total. The molecule has 2 aliphatic rings. The summed E-state index contributed by atoms with van der Waals surface area (Å²) in [5.74, 6) is 0.625. The first-order valence-corrected chi connectivity index (χ1v) is 12.2. The zero-order valence-corrected chi connectivity index (χ0v) is 20.4. The van der Waals surface area contributed by atoms with Crippen molar-refractivity contribution in [3.05, 3.63) is 77.6 Å². The van der Waals surface area contributed by atoms with Crippen LogP contribution in [0, 0.1) is 5.92 Å². The molecule has 194 valence electrons. The van der Waals surface area contributed by atoms with E-state index in [9.17, 15) is 18.0 Å². The molecule has 5 rings (SSSR count). The van der Waals surface area contributed by atoms with E-state index in [-0.39, 0.29) is 18.4 Å². The minimum absolute atomic E-state index is 0.177. The smallest absolute Gasteiger partial charge is 0.416 e. The van der Waals surface area contributed by atoms with E-state index in [1.54, 1.807) is 25.6 Å². The summed E-state index contributed by atoms with van der Waals surface area (Å²) in [4.78, 5) is 26.3. The minimum Gasteiger partial charge on any atom is -0.496 e. The number of ether oxygens (including phenoxy) is 1. The van der Waals surface area contributed by atoms with Gasteiger partial charge in [-0.05, 0) is 54.3 Å². The Hall–Kier alpha value is -3.82. The van der Waals surface area contributed by atoms with Crippen LogP contribution in [0.1, 0.15) is 16.7 Å². The van der Waals surface area contributed by atoms with Gasteiger partial charge in [-0.1, -0.05) is 18.2 Å². The Morgan fingerprint density at radius 2 is 1.89 bits per heavy atom. The van der Waals surface area contributed by atoms with Crippen molar-refractivity contribution in [1.29, 1.82) is 0 Å². The number of amides is 1. The topological polar surface area (TPSA) is 70.6 Å². The second-order valence-electron chi connectivity index (χ2n) is 9.26. The van der Waals surface area contributed by atoms with Gasteiger partial charge < -0.3 is 19.9 Å². The summed E-state index contributed by atoms with van der Waals surface area (Å²) in [6.45, 7) is 2.04. The highest BCUT2D eigenvalue weighted by Gasteiger charge is 2.43. The summed E-state index contributed by atoms with van der Waals surface area (Å²) in [5.41, 5.74) is 1.57. The van der Waals surface area contributed by atoms with Crippen molar-refractivity contribution in [3.8, 4) is 5.75 Å². The Bertz CT molecular complexity index is 1250. The molecule has 2 atom stereocenters. The molecule has 2 aliphatic heterocycles. The summed E-state index contributed by atoms with van der Waals surface area (Å²) in [6.07, 6.45) is -0.293. The van der Waals surface area contributed by atoms with Crippen molar-refractivity contribution in [1.82, 2.24) is 15.3 Å². The van der Waals surface area contributed by atoms with E-state index in [1.807, 2.05) is 29.2 Å². The second-order valence-corrected chi connectivity index (χ2v) is 9.26. The van der Waals surface area contributed by atoms with Gasteiger partial charge in [-0.15, -0.1) is 0 Å². The summed E-state index contributed by atoms with van der Waals surface area (Å²) >= 11 is 0. The van der Waals surface area contributed by atoms with Crippen LogP contribution in [0.5, 0.6) is 5.75 Å². The molecule has 3 heterocycles. The number of para-hydroxylation sites is 1. The number of rotatable bonds is 6. The van der Waals surface area contributed by atoms with Gasteiger partial charge in [0.25, 0.3) is 0 Å². The number of hydrogen-bond donors (Lipinski definition) is 1. The van der Waals surface area contributed by atoms with Gasteiger partial charge in [0, 0.05) is 44.3 Å². The molecule has 2 aromatic carbocycles. The van der Waals surface area contributed by atoms with E-state index < -0.39 is 17.7 Å². The summed E-state index contributed by atoms with van der Waals surface area (Å²) in [7, 11) is 1.60. The Morgan fingerprint density at radius 1 is 1.11 bits per heavy atom. The van der Waals surface area contributed by atoms with Crippen LogP contribution in [-0.4, -0.2) is 55.2 Å². The van der Waals surface area contributed by atoms with Crippen molar-refractivity contribution in [2.75, 3.05) is 43.1 Å². The van der Waals surface area contributed by atoms with Crippen LogP contribution in [0.3, 0.4) is 0 Å². The van der Waals surface area contributed by atoms with E-state index in [4.69, 9.17) is 4.74 Å². The van der Waals surface area contributed by atoms with E-state index in [2.05, 4.69) is 20.2 Å². The number of anilines is 2. The van der Waals surface area contributed by atoms with Crippen LogP contribution in [-0.2, 0) is 23.8 Å². The average Bonchev–Trinajstić information content (AvgIpc) is 2.92. The van der Waals surface area contributed by atoms with Gasteiger partial charge in [0.05, 0.1) is 24.6 Å².